The molecule has 3 N–H and O–H groups in total. The SMILES string of the molecule is CC(O)COC12c3ccccc3C(c3ccccc31)C(C(=O)NC1CCCCC1)C2C(=O)O. The van der Waals surface area contributed by atoms with Gasteiger partial charge in [-0.3, -0.25) is 9.59 Å². The zero-order valence-corrected chi connectivity index (χ0v) is 18.9. The lowest BCUT2D eigenvalue weighted by Gasteiger charge is -2.55. The average Bonchev–Trinajstić information content (AvgIpc) is 2.83. The van der Waals surface area contributed by atoms with Gasteiger partial charge in [-0.1, -0.05) is 67.8 Å². The first kappa shape index (κ1) is 22.1. The predicted octanol–water partition coefficient (Wildman–Crippen LogP) is 3.55. The normalized spacial score (nSPS) is 29.1. The number of aliphatic carboxylic acids is 1. The van der Waals surface area contributed by atoms with Crippen molar-refractivity contribution in [3.05, 3.63) is 70.8 Å². The van der Waals surface area contributed by atoms with E-state index in [0.29, 0.717) is 0 Å². The Kier molecular flexibility index (Phi) is 5.75. The lowest BCUT2D eigenvalue weighted by atomic mass is 9.51. The summed E-state index contributed by atoms with van der Waals surface area (Å²) in [6, 6.07) is 15.5. The van der Waals surface area contributed by atoms with Crippen LogP contribution in [0.5, 0.6) is 0 Å². The van der Waals surface area contributed by atoms with E-state index in [9.17, 15) is 19.8 Å². The highest BCUT2D eigenvalue weighted by atomic mass is 16.5. The molecule has 3 unspecified atom stereocenters. The summed E-state index contributed by atoms with van der Waals surface area (Å²) in [5.41, 5.74) is 2.08. The van der Waals surface area contributed by atoms with Gasteiger partial charge in [0.2, 0.25) is 5.91 Å². The highest BCUT2D eigenvalue weighted by Crippen LogP contribution is 2.62. The summed E-state index contributed by atoms with van der Waals surface area (Å²) < 4.78 is 6.41. The number of carbonyl (C=O) groups is 2. The van der Waals surface area contributed by atoms with Gasteiger partial charge >= 0.3 is 5.97 Å². The summed E-state index contributed by atoms with van der Waals surface area (Å²) >= 11 is 0. The Morgan fingerprint density at radius 3 is 2.15 bits per heavy atom. The minimum atomic E-state index is -1.35. The number of aliphatic hydroxyl groups excluding tert-OH is 1. The molecule has 2 aromatic rings. The molecule has 1 saturated carbocycles. The van der Waals surface area contributed by atoms with E-state index in [1.54, 1.807) is 6.92 Å². The second-order valence-corrected chi connectivity index (χ2v) is 9.73. The number of carboxylic acids is 1. The van der Waals surface area contributed by atoms with Gasteiger partial charge in [0.1, 0.15) is 11.5 Å². The summed E-state index contributed by atoms with van der Waals surface area (Å²) in [4.78, 5) is 26.7. The van der Waals surface area contributed by atoms with Crippen molar-refractivity contribution in [2.75, 3.05) is 6.61 Å². The van der Waals surface area contributed by atoms with Gasteiger partial charge in [0.05, 0.1) is 18.6 Å². The zero-order valence-electron chi connectivity index (χ0n) is 18.9. The number of carbonyl (C=O) groups excluding carboxylic acids is 1. The van der Waals surface area contributed by atoms with Crippen LogP contribution in [-0.2, 0) is 19.9 Å². The molecule has 6 rings (SSSR count). The first-order valence-corrected chi connectivity index (χ1v) is 12.0. The number of fused-ring (bicyclic) bond motifs is 1. The van der Waals surface area contributed by atoms with E-state index in [-0.39, 0.29) is 24.5 Å². The topological polar surface area (TPSA) is 95.9 Å². The van der Waals surface area contributed by atoms with Crippen molar-refractivity contribution in [1.82, 2.24) is 5.32 Å². The van der Waals surface area contributed by atoms with Crippen molar-refractivity contribution >= 4 is 11.9 Å². The quantitative estimate of drug-likeness (QED) is 0.627. The first-order chi connectivity index (χ1) is 15.9. The van der Waals surface area contributed by atoms with Crippen LogP contribution in [0.2, 0.25) is 0 Å². The molecule has 33 heavy (non-hydrogen) atoms. The van der Waals surface area contributed by atoms with Gasteiger partial charge in [-0.05, 0) is 42.0 Å². The molecule has 0 radical (unpaired) electrons. The standard InChI is InChI=1S/C27H31NO5/c1-16(29)15-33-27-20-13-7-5-11-18(20)22(19-12-6-8-14-21(19)27)23(24(27)26(31)32)25(30)28-17-9-3-2-4-10-17/h5-8,11-14,16-17,22-24,29H,2-4,9-10,15H2,1H3,(H,28,30)(H,31,32). The molecular formula is C27H31NO5. The van der Waals surface area contributed by atoms with E-state index < -0.39 is 29.5 Å². The third-order valence-corrected chi connectivity index (χ3v) is 7.62. The molecule has 0 aliphatic heterocycles. The van der Waals surface area contributed by atoms with Crippen LogP contribution < -0.4 is 5.32 Å². The highest BCUT2D eigenvalue weighted by Gasteiger charge is 2.64. The number of hydrogen-bond donors (Lipinski definition) is 3. The summed E-state index contributed by atoms with van der Waals surface area (Å²) in [6.45, 7) is 1.58. The molecule has 3 atom stereocenters. The Morgan fingerprint density at radius 1 is 1.03 bits per heavy atom. The van der Waals surface area contributed by atoms with Crippen LogP contribution in [0.25, 0.3) is 0 Å². The number of rotatable bonds is 6. The Balaban J connectivity index is 1.69. The molecular weight excluding hydrogens is 418 g/mol. The lowest BCUT2D eigenvalue weighted by molar-refractivity contribution is -0.173. The van der Waals surface area contributed by atoms with Crippen LogP contribution in [0.15, 0.2) is 48.5 Å². The van der Waals surface area contributed by atoms with Crippen LogP contribution in [0.3, 0.4) is 0 Å². The highest BCUT2D eigenvalue weighted by molar-refractivity contribution is 5.90. The maximum atomic E-state index is 13.8. The number of benzene rings is 2. The van der Waals surface area contributed by atoms with Gasteiger partial charge < -0.3 is 20.3 Å². The minimum Gasteiger partial charge on any atom is -0.481 e. The van der Waals surface area contributed by atoms with E-state index >= 15 is 0 Å². The molecule has 174 valence electrons. The monoisotopic (exact) mass is 449 g/mol. The van der Waals surface area contributed by atoms with Crippen LogP contribution in [0.4, 0.5) is 0 Å². The van der Waals surface area contributed by atoms with Gasteiger partial charge in [0, 0.05) is 12.0 Å². The molecule has 1 fully saturated rings. The fraction of sp³-hybridized carbons (Fsp3) is 0.481. The average molecular weight is 450 g/mol. The minimum absolute atomic E-state index is 0.0337. The van der Waals surface area contributed by atoms with E-state index in [0.717, 1.165) is 47.9 Å². The summed E-state index contributed by atoms with van der Waals surface area (Å²) in [5.74, 6) is -3.54. The summed E-state index contributed by atoms with van der Waals surface area (Å²) in [5, 5.41) is 23.8. The van der Waals surface area contributed by atoms with Crippen LogP contribution in [0.1, 0.15) is 67.2 Å². The third-order valence-electron chi connectivity index (χ3n) is 7.62. The molecule has 4 aliphatic carbocycles. The molecule has 0 aromatic heterocycles. The van der Waals surface area contributed by atoms with Crippen molar-refractivity contribution in [3.8, 4) is 0 Å². The largest absolute Gasteiger partial charge is 0.481 e. The number of hydrogen-bond acceptors (Lipinski definition) is 4. The van der Waals surface area contributed by atoms with Crippen molar-refractivity contribution in [2.24, 2.45) is 11.8 Å². The second-order valence-electron chi connectivity index (χ2n) is 9.73. The van der Waals surface area contributed by atoms with E-state index in [4.69, 9.17) is 4.74 Å². The molecule has 6 nitrogen and oxygen atoms in total. The fourth-order valence-electron chi connectivity index (χ4n) is 6.36. The Bertz CT molecular complexity index is 1010. The second kappa shape index (κ2) is 8.58. The van der Waals surface area contributed by atoms with Crippen molar-refractivity contribution in [3.63, 3.8) is 0 Å². The smallest absolute Gasteiger partial charge is 0.311 e. The summed E-state index contributed by atoms with van der Waals surface area (Å²) in [7, 11) is 0. The van der Waals surface area contributed by atoms with Crippen molar-refractivity contribution in [2.45, 2.75) is 62.7 Å². The van der Waals surface area contributed by atoms with E-state index in [1.165, 1.54) is 6.42 Å². The van der Waals surface area contributed by atoms with Crippen molar-refractivity contribution < 1.29 is 24.5 Å². The van der Waals surface area contributed by atoms with Gasteiger partial charge in [-0.15, -0.1) is 0 Å². The van der Waals surface area contributed by atoms with E-state index in [1.807, 2.05) is 48.5 Å². The van der Waals surface area contributed by atoms with Gasteiger partial charge in [-0.2, -0.15) is 0 Å². The van der Waals surface area contributed by atoms with Crippen LogP contribution in [0, 0.1) is 11.8 Å². The number of aliphatic hydroxyl groups is 1. The molecule has 0 saturated heterocycles. The third kappa shape index (κ3) is 3.47. The Hall–Kier alpha value is -2.70. The number of ether oxygens (including phenoxy) is 1. The molecule has 2 aromatic carbocycles. The maximum Gasteiger partial charge on any atom is 0.311 e. The predicted molar refractivity (Wildman–Crippen MR) is 123 cm³/mol. The van der Waals surface area contributed by atoms with Crippen LogP contribution >= 0.6 is 0 Å². The first-order valence-electron chi connectivity index (χ1n) is 12.0. The molecule has 1 amide bonds. The molecule has 0 spiro atoms. The van der Waals surface area contributed by atoms with Gasteiger partial charge in [0.25, 0.3) is 0 Å². The Morgan fingerprint density at radius 2 is 1.61 bits per heavy atom. The molecule has 2 bridgehead atoms. The maximum absolute atomic E-state index is 13.8. The molecule has 4 aliphatic rings. The fourth-order valence-corrected chi connectivity index (χ4v) is 6.36. The Labute approximate surface area is 194 Å². The van der Waals surface area contributed by atoms with Crippen molar-refractivity contribution in [1.29, 1.82) is 0 Å². The lowest BCUT2D eigenvalue weighted by Crippen LogP contribution is -2.60. The number of carboxylic acid groups (broad SMARTS) is 1. The molecule has 6 heteroatoms. The van der Waals surface area contributed by atoms with Gasteiger partial charge in [0.15, 0.2) is 0 Å². The number of amides is 1. The zero-order chi connectivity index (χ0) is 23.2. The van der Waals surface area contributed by atoms with Crippen LogP contribution in [-0.4, -0.2) is 40.8 Å². The van der Waals surface area contributed by atoms with E-state index in [2.05, 4.69) is 5.32 Å². The molecule has 0 heterocycles. The number of nitrogens with one attached hydrogen (secondary N) is 1. The summed E-state index contributed by atoms with van der Waals surface area (Å²) in [6.07, 6.45) is 4.41. The van der Waals surface area contributed by atoms with Gasteiger partial charge in [-0.25, -0.2) is 0 Å².